The van der Waals surface area contributed by atoms with Crippen LogP contribution in [0.15, 0.2) is 90.1 Å². The average Bonchev–Trinajstić information content (AvgIpc) is 3.13. The van der Waals surface area contributed by atoms with Gasteiger partial charge in [0.15, 0.2) is 0 Å². The number of rotatable bonds is 6. The van der Waals surface area contributed by atoms with Gasteiger partial charge in [-0.05, 0) is 61.7 Å². The Morgan fingerprint density at radius 1 is 0.903 bits per heavy atom. The van der Waals surface area contributed by atoms with Gasteiger partial charge in [-0.25, -0.2) is 0 Å². The molecule has 0 amide bonds. The van der Waals surface area contributed by atoms with Crippen LogP contribution in [-0.2, 0) is 11.4 Å². The smallest absolute Gasteiger partial charge is 0.142 e. The SMILES string of the molecule is C/C(=N/OCc1ccccc1C)c1cc(-c2ccccc2)n(-c2cccc(Cl)c2)c1C. The standard InChI is InChI=1S/C27H25ClN2O/c1-19-10-7-8-13-23(19)18-31-29-20(2)26-17-27(22-11-5-4-6-12-22)30(21(26)3)25-15-9-14-24(28)16-25/h4-17H,18H2,1-3H3/b29-20-. The molecule has 0 atom stereocenters. The first kappa shape index (κ1) is 21.0. The Labute approximate surface area is 188 Å². The van der Waals surface area contributed by atoms with E-state index in [1.54, 1.807) is 0 Å². The van der Waals surface area contributed by atoms with Crippen LogP contribution in [0.4, 0.5) is 0 Å². The Kier molecular flexibility index (Phi) is 6.24. The molecular weight excluding hydrogens is 404 g/mol. The number of aromatic nitrogens is 1. The van der Waals surface area contributed by atoms with E-state index < -0.39 is 0 Å². The summed E-state index contributed by atoms with van der Waals surface area (Å²) in [4.78, 5) is 5.71. The number of hydrogen-bond acceptors (Lipinski definition) is 2. The monoisotopic (exact) mass is 428 g/mol. The Hall–Kier alpha value is -3.30. The van der Waals surface area contributed by atoms with Gasteiger partial charge in [0.05, 0.1) is 11.4 Å². The van der Waals surface area contributed by atoms with Crippen LogP contribution in [0.3, 0.4) is 0 Å². The normalized spacial score (nSPS) is 11.5. The predicted molar refractivity (Wildman–Crippen MR) is 129 cm³/mol. The van der Waals surface area contributed by atoms with E-state index in [0.29, 0.717) is 11.6 Å². The van der Waals surface area contributed by atoms with Crippen molar-refractivity contribution in [2.24, 2.45) is 5.16 Å². The molecule has 0 aliphatic heterocycles. The van der Waals surface area contributed by atoms with Gasteiger partial charge in [0.25, 0.3) is 0 Å². The first-order chi connectivity index (χ1) is 15.0. The highest BCUT2D eigenvalue weighted by Gasteiger charge is 2.17. The van der Waals surface area contributed by atoms with Crippen LogP contribution < -0.4 is 0 Å². The largest absolute Gasteiger partial charge is 0.391 e. The van der Waals surface area contributed by atoms with Crippen molar-refractivity contribution in [2.75, 3.05) is 0 Å². The lowest BCUT2D eigenvalue weighted by Gasteiger charge is -2.13. The minimum absolute atomic E-state index is 0.448. The van der Waals surface area contributed by atoms with Crippen LogP contribution in [0.1, 0.15) is 29.3 Å². The lowest BCUT2D eigenvalue weighted by Crippen LogP contribution is -2.02. The van der Waals surface area contributed by atoms with Crippen molar-refractivity contribution in [3.05, 3.63) is 112 Å². The Bertz CT molecular complexity index is 1230. The third-order valence-corrected chi connectivity index (χ3v) is 5.69. The van der Waals surface area contributed by atoms with E-state index in [2.05, 4.69) is 60.0 Å². The lowest BCUT2D eigenvalue weighted by molar-refractivity contribution is 0.130. The van der Waals surface area contributed by atoms with Gasteiger partial charge in [0, 0.05) is 22.0 Å². The van der Waals surface area contributed by atoms with Gasteiger partial charge >= 0.3 is 0 Å². The van der Waals surface area contributed by atoms with E-state index in [1.807, 2.05) is 55.5 Å². The fourth-order valence-electron chi connectivity index (χ4n) is 3.76. The molecule has 3 nitrogen and oxygen atoms in total. The van der Waals surface area contributed by atoms with Gasteiger partial charge in [-0.2, -0.15) is 0 Å². The zero-order valence-corrected chi connectivity index (χ0v) is 18.7. The van der Waals surface area contributed by atoms with Crippen LogP contribution in [0, 0.1) is 13.8 Å². The molecule has 0 N–H and O–H groups in total. The number of benzene rings is 3. The van der Waals surface area contributed by atoms with Crippen LogP contribution in [0.5, 0.6) is 0 Å². The van der Waals surface area contributed by atoms with Crippen molar-refractivity contribution in [1.82, 2.24) is 4.57 Å². The molecule has 0 saturated heterocycles. The molecule has 156 valence electrons. The minimum atomic E-state index is 0.448. The number of hydrogen-bond donors (Lipinski definition) is 0. The summed E-state index contributed by atoms with van der Waals surface area (Å²) in [7, 11) is 0. The van der Waals surface area contributed by atoms with Crippen LogP contribution in [-0.4, -0.2) is 10.3 Å². The highest BCUT2D eigenvalue weighted by Crippen LogP contribution is 2.31. The molecule has 0 radical (unpaired) electrons. The summed E-state index contributed by atoms with van der Waals surface area (Å²) in [6.07, 6.45) is 0. The van der Waals surface area contributed by atoms with E-state index in [0.717, 1.165) is 39.5 Å². The van der Waals surface area contributed by atoms with Crippen molar-refractivity contribution in [3.8, 4) is 16.9 Å². The quantitative estimate of drug-likeness (QED) is 0.233. The second kappa shape index (κ2) is 9.23. The summed E-state index contributed by atoms with van der Waals surface area (Å²) in [6, 6.07) is 28.6. The maximum atomic E-state index is 6.30. The molecule has 0 spiro atoms. The molecule has 0 aliphatic carbocycles. The van der Waals surface area contributed by atoms with Gasteiger partial charge in [0.1, 0.15) is 6.61 Å². The molecule has 1 heterocycles. The summed E-state index contributed by atoms with van der Waals surface area (Å²) in [5, 5.41) is 5.13. The first-order valence-electron chi connectivity index (χ1n) is 10.3. The van der Waals surface area contributed by atoms with Crippen molar-refractivity contribution in [1.29, 1.82) is 0 Å². The predicted octanol–water partition coefficient (Wildman–Crippen LogP) is 7.36. The second-order valence-electron chi connectivity index (χ2n) is 7.59. The number of halogens is 1. The van der Waals surface area contributed by atoms with Gasteiger partial charge in [-0.3, -0.25) is 0 Å². The maximum absolute atomic E-state index is 6.30. The molecule has 0 aliphatic rings. The van der Waals surface area contributed by atoms with Crippen molar-refractivity contribution in [2.45, 2.75) is 27.4 Å². The van der Waals surface area contributed by atoms with Gasteiger partial charge < -0.3 is 9.40 Å². The average molecular weight is 429 g/mol. The molecule has 0 bridgehead atoms. The van der Waals surface area contributed by atoms with E-state index in [9.17, 15) is 0 Å². The summed E-state index contributed by atoms with van der Waals surface area (Å²) < 4.78 is 2.22. The lowest BCUT2D eigenvalue weighted by atomic mass is 10.1. The van der Waals surface area contributed by atoms with E-state index in [-0.39, 0.29) is 0 Å². The Morgan fingerprint density at radius 3 is 2.39 bits per heavy atom. The summed E-state index contributed by atoms with van der Waals surface area (Å²) >= 11 is 6.30. The maximum Gasteiger partial charge on any atom is 0.142 e. The molecule has 0 saturated carbocycles. The summed E-state index contributed by atoms with van der Waals surface area (Å²) in [6.45, 7) is 6.61. The Balaban J connectivity index is 1.72. The molecule has 31 heavy (non-hydrogen) atoms. The van der Waals surface area contributed by atoms with Gasteiger partial charge in [-0.1, -0.05) is 77.4 Å². The number of nitrogens with zero attached hydrogens (tertiary/aromatic N) is 2. The summed E-state index contributed by atoms with van der Waals surface area (Å²) in [5.74, 6) is 0. The topological polar surface area (TPSA) is 26.5 Å². The first-order valence-corrected chi connectivity index (χ1v) is 10.7. The van der Waals surface area contributed by atoms with Crippen molar-refractivity contribution in [3.63, 3.8) is 0 Å². The molecule has 4 rings (SSSR count). The van der Waals surface area contributed by atoms with E-state index >= 15 is 0 Å². The third kappa shape index (κ3) is 4.57. The van der Waals surface area contributed by atoms with E-state index in [4.69, 9.17) is 16.4 Å². The van der Waals surface area contributed by atoms with Gasteiger partial charge in [-0.15, -0.1) is 0 Å². The highest BCUT2D eigenvalue weighted by molar-refractivity contribution is 6.30. The molecule has 0 unspecified atom stereocenters. The number of aryl methyl sites for hydroxylation is 1. The molecule has 3 aromatic carbocycles. The zero-order valence-electron chi connectivity index (χ0n) is 18.0. The highest BCUT2D eigenvalue weighted by atomic mass is 35.5. The van der Waals surface area contributed by atoms with Crippen molar-refractivity contribution >= 4 is 17.3 Å². The van der Waals surface area contributed by atoms with Gasteiger partial charge in [0.2, 0.25) is 0 Å². The second-order valence-corrected chi connectivity index (χ2v) is 8.02. The van der Waals surface area contributed by atoms with Crippen LogP contribution in [0.25, 0.3) is 16.9 Å². The molecular formula is C27H25ClN2O. The molecule has 4 heteroatoms. The fraction of sp³-hybridized carbons (Fsp3) is 0.148. The zero-order chi connectivity index (χ0) is 21.8. The summed E-state index contributed by atoms with van der Waals surface area (Å²) in [5.41, 5.74) is 8.54. The minimum Gasteiger partial charge on any atom is -0.391 e. The molecule has 4 aromatic rings. The molecule has 0 fully saturated rings. The van der Waals surface area contributed by atoms with Crippen LogP contribution >= 0.6 is 11.6 Å². The number of oxime groups is 1. The van der Waals surface area contributed by atoms with E-state index in [1.165, 1.54) is 5.56 Å². The van der Waals surface area contributed by atoms with Crippen LogP contribution in [0.2, 0.25) is 5.02 Å². The third-order valence-electron chi connectivity index (χ3n) is 5.46. The molecule has 1 aromatic heterocycles. The fourth-order valence-corrected chi connectivity index (χ4v) is 3.95. The van der Waals surface area contributed by atoms with Crippen molar-refractivity contribution < 1.29 is 4.84 Å². The Morgan fingerprint density at radius 2 is 1.65 bits per heavy atom.